The molecule has 1 aromatic heterocycles. The predicted molar refractivity (Wildman–Crippen MR) is 193 cm³/mol. The molecule has 0 bridgehead atoms. The Balaban J connectivity index is 1.24. The predicted octanol–water partition coefficient (Wildman–Crippen LogP) is 4.14. The SMILES string of the molecule is CC(C)(C)OC(=O)N[C@H]1CCC[C@@H](NCc2ccc(-n3ccc(NC(=O)N4CCN(C(=O)C(C)(C)NC(=O)OC(C)(C)C)CC4)nc3=O)cc2)C1. The van der Waals surface area contributed by atoms with Crippen molar-refractivity contribution in [3.05, 3.63) is 52.6 Å². The minimum atomic E-state index is -1.19. The highest BCUT2D eigenvalue weighted by atomic mass is 16.6. The van der Waals surface area contributed by atoms with Crippen molar-refractivity contribution in [1.29, 1.82) is 0 Å². The molecule has 2 heterocycles. The van der Waals surface area contributed by atoms with Gasteiger partial charge in [-0.3, -0.25) is 14.7 Å². The highest BCUT2D eigenvalue weighted by molar-refractivity contribution is 5.90. The van der Waals surface area contributed by atoms with Gasteiger partial charge in [-0.05, 0) is 105 Å². The Bertz CT molecular complexity index is 1600. The van der Waals surface area contributed by atoms with Gasteiger partial charge >= 0.3 is 23.9 Å². The van der Waals surface area contributed by atoms with E-state index in [2.05, 4.69) is 26.3 Å². The van der Waals surface area contributed by atoms with Crippen LogP contribution in [0.15, 0.2) is 41.3 Å². The molecule has 2 atom stereocenters. The highest BCUT2D eigenvalue weighted by Crippen LogP contribution is 2.21. The number of rotatable bonds is 8. The van der Waals surface area contributed by atoms with E-state index in [1.807, 2.05) is 45.0 Å². The summed E-state index contributed by atoms with van der Waals surface area (Å²) >= 11 is 0. The van der Waals surface area contributed by atoms with Gasteiger partial charge in [-0.15, -0.1) is 0 Å². The van der Waals surface area contributed by atoms with Crippen LogP contribution < -0.4 is 27.0 Å². The molecule has 1 saturated heterocycles. The third-order valence-corrected chi connectivity index (χ3v) is 8.45. The molecule has 5 amide bonds. The van der Waals surface area contributed by atoms with Crippen molar-refractivity contribution >= 4 is 29.9 Å². The summed E-state index contributed by atoms with van der Waals surface area (Å²) in [5.41, 5.74) is -1.28. The average molecular weight is 711 g/mol. The zero-order valence-corrected chi connectivity index (χ0v) is 31.1. The third-order valence-electron chi connectivity index (χ3n) is 8.45. The number of nitrogens with one attached hydrogen (secondary N) is 4. The fraction of sp³-hybridized carbons (Fsp3) is 0.611. The monoisotopic (exact) mass is 710 g/mol. The van der Waals surface area contributed by atoms with Crippen molar-refractivity contribution in [2.45, 2.75) is 116 Å². The highest BCUT2D eigenvalue weighted by Gasteiger charge is 2.37. The lowest BCUT2D eigenvalue weighted by atomic mass is 9.91. The number of carbonyl (C=O) groups excluding carboxylic acids is 4. The van der Waals surface area contributed by atoms with Crippen molar-refractivity contribution in [1.82, 2.24) is 35.3 Å². The van der Waals surface area contributed by atoms with Crippen LogP contribution in [0.25, 0.3) is 5.69 Å². The number of alkyl carbamates (subject to hydrolysis) is 2. The quantitative estimate of drug-likeness (QED) is 0.314. The van der Waals surface area contributed by atoms with Gasteiger partial charge in [0.2, 0.25) is 5.91 Å². The Morgan fingerprint density at radius 1 is 0.804 bits per heavy atom. The van der Waals surface area contributed by atoms with Gasteiger partial charge in [-0.1, -0.05) is 12.1 Å². The molecular formula is C36H54N8O7. The summed E-state index contributed by atoms with van der Waals surface area (Å²) < 4.78 is 12.1. The van der Waals surface area contributed by atoms with Crippen LogP contribution in [0.4, 0.5) is 20.2 Å². The zero-order chi connectivity index (χ0) is 37.6. The van der Waals surface area contributed by atoms with Crippen LogP contribution in [0.3, 0.4) is 0 Å². The molecule has 0 radical (unpaired) electrons. The van der Waals surface area contributed by atoms with Crippen LogP contribution in [0, 0.1) is 0 Å². The lowest BCUT2D eigenvalue weighted by Crippen LogP contribution is -2.60. The molecule has 0 unspecified atom stereocenters. The number of hydrogen-bond donors (Lipinski definition) is 4. The van der Waals surface area contributed by atoms with Gasteiger partial charge in [0.1, 0.15) is 22.6 Å². The Morgan fingerprint density at radius 3 is 2.00 bits per heavy atom. The topological polar surface area (TPSA) is 176 Å². The summed E-state index contributed by atoms with van der Waals surface area (Å²) in [5.74, 6) is -0.162. The molecule has 1 saturated carbocycles. The summed E-state index contributed by atoms with van der Waals surface area (Å²) in [6.45, 7) is 15.7. The number of benzene rings is 1. The first-order chi connectivity index (χ1) is 23.8. The van der Waals surface area contributed by atoms with Gasteiger partial charge in [-0.2, -0.15) is 4.98 Å². The molecule has 1 aromatic carbocycles. The fourth-order valence-electron chi connectivity index (χ4n) is 6.00. The Kier molecular flexibility index (Phi) is 12.4. The molecule has 15 nitrogen and oxygen atoms in total. The maximum atomic E-state index is 13.1. The lowest BCUT2D eigenvalue weighted by Gasteiger charge is -2.38. The number of urea groups is 1. The summed E-state index contributed by atoms with van der Waals surface area (Å²) in [4.78, 5) is 70.7. The Labute approximate surface area is 299 Å². The van der Waals surface area contributed by atoms with Crippen molar-refractivity contribution < 1.29 is 28.7 Å². The fourth-order valence-corrected chi connectivity index (χ4v) is 6.00. The molecule has 2 aromatic rings. The molecule has 2 aliphatic rings. The third kappa shape index (κ3) is 12.0. The van der Waals surface area contributed by atoms with Crippen LogP contribution in [0.1, 0.15) is 86.6 Å². The van der Waals surface area contributed by atoms with Crippen molar-refractivity contribution in [3.63, 3.8) is 0 Å². The normalized spacial score (nSPS) is 18.4. The van der Waals surface area contributed by atoms with Crippen molar-refractivity contribution in [2.75, 3.05) is 31.5 Å². The van der Waals surface area contributed by atoms with Crippen LogP contribution >= 0.6 is 0 Å². The summed E-state index contributed by atoms with van der Waals surface area (Å²) in [7, 11) is 0. The second kappa shape index (κ2) is 16.1. The molecule has 4 N–H and O–H groups in total. The van der Waals surface area contributed by atoms with Crippen LogP contribution in [-0.4, -0.2) is 98.5 Å². The number of amides is 5. The first-order valence-corrected chi connectivity index (χ1v) is 17.6. The Hall–Kier alpha value is -4.66. The van der Waals surface area contributed by atoms with E-state index in [0.717, 1.165) is 31.2 Å². The standard InChI is InChI=1S/C36H54N8O7/c1-34(2,3)50-32(48)38-26-11-9-10-25(22-26)37-23-24-12-14-27(15-13-24)44-17-16-28(40-31(44)47)39-30(46)43-20-18-42(19-21-43)29(45)36(7,8)41-33(49)51-35(4,5)6/h12-17,25-26,37H,9-11,18-23H2,1-8H3,(H,38,48)(H,41,49)(H,39,40,46,47)/t25-,26+/m1/s1. The van der Waals surface area contributed by atoms with E-state index in [4.69, 9.17) is 9.47 Å². The largest absolute Gasteiger partial charge is 0.444 e. The second-order valence-electron chi connectivity index (χ2n) is 15.7. The summed E-state index contributed by atoms with van der Waals surface area (Å²) in [6, 6.07) is 9.04. The Morgan fingerprint density at radius 2 is 1.39 bits per heavy atom. The maximum Gasteiger partial charge on any atom is 0.408 e. The van der Waals surface area contributed by atoms with E-state index in [-0.39, 0.29) is 56.1 Å². The smallest absolute Gasteiger partial charge is 0.408 e. The second-order valence-corrected chi connectivity index (χ2v) is 15.7. The van der Waals surface area contributed by atoms with E-state index in [1.165, 1.54) is 4.57 Å². The first-order valence-electron chi connectivity index (χ1n) is 17.6. The van der Waals surface area contributed by atoms with Gasteiger partial charge in [-0.25, -0.2) is 19.2 Å². The molecule has 4 rings (SSSR count). The van der Waals surface area contributed by atoms with Gasteiger partial charge in [0, 0.05) is 51.0 Å². The number of nitrogens with zero attached hydrogens (tertiary/aromatic N) is 4. The van der Waals surface area contributed by atoms with Gasteiger partial charge in [0.25, 0.3) is 0 Å². The van der Waals surface area contributed by atoms with Gasteiger partial charge in [0.05, 0.1) is 5.69 Å². The number of carbonyl (C=O) groups is 4. The number of aromatic nitrogens is 2. The average Bonchev–Trinajstić information content (AvgIpc) is 3.02. The van der Waals surface area contributed by atoms with Crippen LogP contribution in [0.2, 0.25) is 0 Å². The van der Waals surface area contributed by atoms with Crippen molar-refractivity contribution in [2.24, 2.45) is 0 Å². The van der Waals surface area contributed by atoms with Crippen molar-refractivity contribution in [3.8, 4) is 5.69 Å². The van der Waals surface area contributed by atoms with Crippen LogP contribution in [0.5, 0.6) is 0 Å². The summed E-state index contributed by atoms with van der Waals surface area (Å²) in [5, 5.41) is 11.9. The van der Waals surface area contributed by atoms with E-state index >= 15 is 0 Å². The minimum Gasteiger partial charge on any atom is -0.444 e. The van der Waals surface area contributed by atoms with Gasteiger partial charge < -0.3 is 35.2 Å². The lowest BCUT2D eigenvalue weighted by molar-refractivity contribution is -0.138. The molecule has 280 valence electrons. The number of anilines is 1. The summed E-state index contributed by atoms with van der Waals surface area (Å²) in [6.07, 6.45) is 4.28. The number of ether oxygens (including phenoxy) is 2. The number of hydrogen-bond acceptors (Lipinski definition) is 9. The van der Waals surface area contributed by atoms with Crippen LogP contribution in [-0.2, 0) is 20.8 Å². The van der Waals surface area contributed by atoms with E-state index in [9.17, 15) is 24.0 Å². The van der Waals surface area contributed by atoms with E-state index in [1.54, 1.807) is 56.7 Å². The van der Waals surface area contributed by atoms with E-state index < -0.39 is 34.6 Å². The molecule has 1 aliphatic carbocycles. The molecule has 2 fully saturated rings. The van der Waals surface area contributed by atoms with Gasteiger partial charge in [0.15, 0.2) is 0 Å². The first kappa shape index (κ1) is 39.1. The zero-order valence-electron chi connectivity index (χ0n) is 31.1. The molecule has 1 aliphatic heterocycles. The number of piperazine rings is 1. The molecule has 15 heteroatoms. The minimum absolute atomic E-state index is 0.0652. The molecule has 51 heavy (non-hydrogen) atoms. The molecular weight excluding hydrogens is 656 g/mol. The molecule has 0 spiro atoms. The maximum absolute atomic E-state index is 13.1. The van der Waals surface area contributed by atoms with E-state index in [0.29, 0.717) is 12.2 Å².